The Morgan fingerprint density at radius 2 is 2.04 bits per heavy atom. The first-order valence-corrected chi connectivity index (χ1v) is 7.63. The number of fused-ring (bicyclic) bond motifs is 1. The highest BCUT2D eigenvalue weighted by Crippen LogP contribution is 2.33. The van der Waals surface area contributed by atoms with E-state index in [1.807, 2.05) is 18.2 Å². The van der Waals surface area contributed by atoms with Crippen molar-refractivity contribution in [2.75, 3.05) is 30.9 Å². The van der Waals surface area contributed by atoms with Gasteiger partial charge in [0.15, 0.2) is 17.3 Å². The Morgan fingerprint density at radius 3 is 2.83 bits per heavy atom. The van der Waals surface area contributed by atoms with Crippen molar-refractivity contribution >= 4 is 39.4 Å². The maximum absolute atomic E-state index is 11.4. The zero-order valence-electron chi connectivity index (χ0n) is 12.2. The van der Waals surface area contributed by atoms with E-state index in [4.69, 9.17) is 9.47 Å². The Balaban J connectivity index is 1.80. The summed E-state index contributed by atoms with van der Waals surface area (Å²) in [6.45, 7) is 1.07. The summed E-state index contributed by atoms with van der Waals surface area (Å²) >= 11 is 3.29. The summed E-state index contributed by atoms with van der Waals surface area (Å²) in [7, 11) is 1.53. The van der Waals surface area contributed by atoms with Gasteiger partial charge in [-0.05, 0) is 28.1 Å². The third kappa shape index (κ3) is 3.62. The van der Waals surface area contributed by atoms with Crippen LogP contribution in [0.1, 0.15) is 0 Å². The van der Waals surface area contributed by atoms with Gasteiger partial charge in [-0.3, -0.25) is 5.32 Å². The number of nitrogens with zero attached hydrogens (tertiary/aromatic N) is 2. The van der Waals surface area contributed by atoms with Crippen LogP contribution in [0.4, 0.5) is 22.2 Å². The molecule has 0 saturated heterocycles. The summed E-state index contributed by atoms with van der Waals surface area (Å²) in [5.74, 6) is 2.08. The van der Waals surface area contributed by atoms with Gasteiger partial charge < -0.3 is 20.1 Å². The molecule has 1 aliphatic rings. The molecule has 23 heavy (non-hydrogen) atoms. The van der Waals surface area contributed by atoms with Crippen LogP contribution in [-0.4, -0.2) is 36.3 Å². The Bertz CT molecular complexity index is 740. The molecule has 0 saturated carbocycles. The molecule has 2 heterocycles. The quantitative estimate of drug-likeness (QED) is 0.757. The van der Waals surface area contributed by atoms with E-state index in [-0.39, 0.29) is 6.03 Å². The van der Waals surface area contributed by atoms with Crippen LogP contribution < -0.4 is 25.4 Å². The van der Waals surface area contributed by atoms with Crippen molar-refractivity contribution in [2.24, 2.45) is 0 Å². The molecule has 0 atom stereocenters. The smallest absolute Gasteiger partial charge is 0.320 e. The van der Waals surface area contributed by atoms with Crippen molar-refractivity contribution < 1.29 is 14.3 Å². The average molecular weight is 380 g/mol. The van der Waals surface area contributed by atoms with E-state index in [0.29, 0.717) is 41.0 Å². The van der Waals surface area contributed by atoms with E-state index in [0.717, 1.165) is 5.69 Å². The average Bonchev–Trinajstić information content (AvgIpc) is 2.57. The van der Waals surface area contributed by atoms with Gasteiger partial charge in [0.2, 0.25) is 5.95 Å². The van der Waals surface area contributed by atoms with Gasteiger partial charge in [0.1, 0.15) is 13.2 Å². The fraction of sp³-hybridized carbons (Fsp3) is 0.214. The lowest BCUT2D eigenvalue weighted by Crippen LogP contribution is -2.25. The molecular formula is C14H14BrN5O3. The summed E-state index contributed by atoms with van der Waals surface area (Å²) in [6.07, 6.45) is 1.55. The lowest BCUT2D eigenvalue weighted by Gasteiger charge is -2.19. The number of aromatic nitrogens is 2. The number of halogens is 1. The van der Waals surface area contributed by atoms with Crippen molar-refractivity contribution in [1.29, 1.82) is 0 Å². The molecule has 2 amide bonds. The Hall–Kier alpha value is -2.55. The standard InChI is InChI=1S/C14H14BrN5O3/c1-16-14(21)20-12-9(15)7-17-13(19-12)18-8-2-3-10-11(6-8)23-5-4-22-10/h2-3,6-7H,4-5H2,1H3,(H3,16,17,18,19,20,21). The summed E-state index contributed by atoms with van der Waals surface area (Å²) in [5, 5.41) is 8.13. The summed E-state index contributed by atoms with van der Waals surface area (Å²) < 4.78 is 11.6. The fourth-order valence-electron chi connectivity index (χ4n) is 1.94. The number of amides is 2. The van der Waals surface area contributed by atoms with Gasteiger partial charge in [-0.2, -0.15) is 4.98 Å². The van der Waals surface area contributed by atoms with Gasteiger partial charge in [-0.1, -0.05) is 0 Å². The van der Waals surface area contributed by atoms with E-state index in [9.17, 15) is 4.79 Å². The first kappa shape index (κ1) is 15.3. The van der Waals surface area contributed by atoms with Crippen molar-refractivity contribution in [3.05, 3.63) is 28.9 Å². The van der Waals surface area contributed by atoms with Crippen LogP contribution in [-0.2, 0) is 0 Å². The highest BCUT2D eigenvalue weighted by molar-refractivity contribution is 9.10. The van der Waals surface area contributed by atoms with Gasteiger partial charge in [0.25, 0.3) is 0 Å². The Kier molecular flexibility index (Phi) is 4.47. The molecule has 1 aromatic heterocycles. The third-order valence-corrected chi connectivity index (χ3v) is 3.58. The molecule has 0 aliphatic carbocycles. The molecule has 3 rings (SSSR count). The van der Waals surface area contributed by atoms with Crippen LogP contribution in [0.3, 0.4) is 0 Å². The molecule has 0 unspecified atom stereocenters. The molecule has 0 fully saturated rings. The van der Waals surface area contributed by atoms with Crippen LogP contribution in [0.2, 0.25) is 0 Å². The maximum Gasteiger partial charge on any atom is 0.320 e. The topological polar surface area (TPSA) is 97.4 Å². The number of hydrogen-bond acceptors (Lipinski definition) is 6. The number of carbonyl (C=O) groups excluding carboxylic acids is 1. The van der Waals surface area contributed by atoms with E-state index < -0.39 is 0 Å². The minimum atomic E-state index is -0.366. The zero-order valence-corrected chi connectivity index (χ0v) is 13.8. The second-order valence-electron chi connectivity index (χ2n) is 4.58. The minimum Gasteiger partial charge on any atom is -0.486 e. The molecule has 0 radical (unpaired) electrons. The largest absolute Gasteiger partial charge is 0.486 e. The van der Waals surface area contributed by atoms with E-state index in [1.165, 1.54) is 7.05 Å². The monoisotopic (exact) mass is 379 g/mol. The number of hydrogen-bond donors (Lipinski definition) is 3. The molecule has 120 valence electrons. The van der Waals surface area contributed by atoms with Crippen molar-refractivity contribution in [1.82, 2.24) is 15.3 Å². The predicted molar refractivity (Wildman–Crippen MR) is 88.5 cm³/mol. The molecule has 1 aromatic carbocycles. The highest BCUT2D eigenvalue weighted by atomic mass is 79.9. The lowest BCUT2D eigenvalue weighted by atomic mass is 10.2. The number of benzene rings is 1. The van der Waals surface area contributed by atoms with Gasteiger partial charge >= 0.3 is 6.03 Å². The van der Waals surface area contributed by atoms with Gasteiger partial charge in [0.05, 0.1) is 4.47 Å². The van der Waals surface area contributed by atoms with E-state index in [1.54, 1.807) is 6.20 Å². The molecule has 1 aliphatic heterocycles. The fourth-order valence-corrected chi connectivity index (χ4v) is 2.23. The highest BCUT2D eigenvalue weighted by Gasteiger charge is 2.13. The molecule has 3 N–H and O–H groups in total. The van der Waals surface area contributed by atoms with Crippen LogP contribution in [0, 0.1) is 0 Å². The van der Waals surface area contributed by atoms with E-state index >= 15 is 0 Å². The molecule has 2 aromatic rings. The summed E-state index contributed by atoms with van der Waals surface area (Å²) in [4.78, 5) is 19.8. The van der Waals surface area contributed by atoms with Crippen molar-refractivity contribution in [2.45, 2.75) is 0 Å². The van der Waals surface area contributed by atoms with Gasteiger partial charge in [-0.15, -0.1) is 0 Å². The number of rotatable bonds is 3. The number of anilines is 3. The normalized spacial score (nSPS) is 12.4. The Morgan fingerprint density at radius 1 is 1.26 bits per heavy atom. The summed E-state index contributed by atoms with van der Waals surface area (Å²) in [6, 6.07) is 5.10. The SMILES string of the molecule is CNC(=O)Nc1nc(Nc2ccc3c(c2)OCCO3)ncc1Br. The second kappa shape index (κ2) is 6.69. The molecule has 0 bridgehead atoms. The molecular weight excluding hydrogens is 366 g/mol. The Labute approximate surface area is 140 Å². The number of urea groups is 1. The minimum absolute atomic E-state index is 0.344. The van der Waals surface area contributed by atoms with Crippen LogP contribution in [0.5, 0.6) is 11.5 Å². The maximum atomic E-state index is 11.4. The first-order chi connectivity index (χ1) is 11.2. The molecule has 0 spiro atoms. The first-order valence-electron chi connectivity index (χ1n) is 6.83. The number of carbonyl (C=O) groups is 1. The zero-order chi connectivity index (χ0) is 16.2. The van der Waals surface area contributed by atoms with Crippen LogP contribution in [0.15, 0.2) is 28.9 Å². The van der Waals surface area contributed by atoms with Crippen molar-refractivity contribution in [3.63, 3.8) is 0 Å². The molecule has 8 nitrogen and oxygen atoms in total. The van der Waals surface area contributed by atoms with Crippen molar-refractivity contribution in [3.8, 4) is 11.5 Å². The second-order valence-corrected chi connectivity index (χ2v) is 5.43. The number of ether oxygens (including phenoxy) is 2. The van der Waals surface area contributed by atoms with Crippen LogP contribution >= 0.6 is 15.9 Å². The summed E-state index contributed by atoms with van der Waals surface area (Å²) in [5.41, 5.74) is 0.752. The number of nitrogens with one attached hydrogen (secondary N) is 3. The predicted octanol–water partition coefficient (Wildman–Crippen LogP) is 2.51. The lowest BCUT2D eigenvalue weighted by molar-refractivity contribution is 0.171. The van der Waals surface area contributed by atoms with E-state index in [2.05, 4.69) is 41.8 Å². The molecule has 9 heteroatoms. The van der Waals surface area contributed by atoms with Gasteiger partial charge in [0, 0.05) is 25.0 Å². The van der Waals surface area contributed by atoms with Crippen LogP contribution in [0.25, 0.3) is 0 Å². The third-order valence-electron chi connectivity index (χ3n) is 3.00. The van der Waals surface area contributed by atoms with Gasteiger partial charge in [-0.25, -0.2) is 9.78 Å².